The van der Waals surface area contributed by atoms with Crippen LogP contribution in [0.2, 0.25) is 0 Å². The van der Waals surface area contributed by atoms with E-state index in [-0.39, 0.29) is 31.1 Å². The number of rotatable bonds is 64. The maximum absolute atomic E-state index is 12.9. The predicted octanol–water partition coefficient (Wildman–Crippen LogP) is 24.2. The molecule has 0 aliphatic heterocycles. The largest absolute Gasteiger partial charge is 0.462 e. The van der Waals surface area contributed by atoms with Crippen LogP contribution in [0, 0.1) is 0 Å². The van der Waals surface area contributed by atoms with Crippen LogP contribution < -0.4 is 0 Å². The van der Waals surface area contributed by atoms with Crippen LogP contribution in [0.1, 0.15) is 355 Å². The van der Waals surface area contributed by atoms with Gasteiger partial charge in [-0.3, -0.25) is 14.4 Å². The van der Waals surface area contributed by atoms with Gasteiger partial charge in [-0.1, -0.05) is 343 Å². The lowest BCUT2D eigenvalue weighted by molar-refractivity contribution is -0.167. The summed E-state index contributed by atoms with van der Waals surface area (Å²) in [5.41, 5.74) is 0. The van der Waals surface area contributed by atoms with Crippen LogP contribution in [-0.2, 0) is 28.6 Å². The molecule has 0 saturated heterocycles. The maximum Gasteiger partial charge on any atom is 0.306 e. The third-order valence-electron chi connectivity index (χ3n) is 15.4. The first kappa shape index (κ1) is 77.6. The Bertz CT molecular complexity index is 1530. The van der Waals surface area contributed by atoms with Gasteiger partial charge in [0.15, 0.2) is 6.10 Å². The summed E-state index contributed by atoms with van der Waals surface area (Å²) in [6.07, 6.45) is 91.9. The van der Waals surface area contributed by atoms with Crippen molar-refractivity contribution in [3.8, 4) is 0 Å². The highest BCUT2D eigenvalue weighted by Crippen LogP contribution is 2.18. The van der Waals surface area contributed by atoms with Gasteiger partial charge in [-0.05, 0) is 77.0 Å². The minimum absolute atomic E-state index is 0.0696. The van der Waals surface area contributed by atoms with Crippen LogP contribution in [0.5, 0.6) is 0 Å². The van der Waals surface area contributed by atoms with E-state index in [2.05, 4.69) is 106 Å². The molecule has 0 N–H and O–H groups in total. The zero-order valence-electron chi connectivity index (χ0n) is 53.8. The molecule has 0 fully saturated rings. The lowest BCUT2D eigenvalue weighted by Crippen LogP contribution is -2.30. The van der Waals surface area contributed by atoms with Gasteiger partial charge in [0.1, 0.15) is 13.2 Å². The first-order valence-electron chi connectivity index (χ1n) is 35.1. The highest BCUT2D eigenvalue weighted by Gasteiger charge is 2.19. The maximum atomic E-state index is 12.9. The molecule has 0 spiro atoms. The Morgan fingerprint density at radius 3 is 0.753 bits per heavy atom. The minimum atomic E-state index is -0.772. The fourth-order valence-corrected chi connectivity index (χ4v) is 10.2. The lowest BCUT2D eigenvalue weighted by Gasteiger charge is -2.18. The molecule has 468 valence electrons. The highest BCUT2D eigenvalue weighted by atomic mass is 16.6. The normalized spacial score (nSPS) is 12.6. The first-order chi connectivity index (χ1) is 40.0. The Morgan fingerprint density at radius 1 is 0.259 bits per heavy atom. The SMILES string of the molecule is CC/C=C\C/C=C\C/C=C\C/C=C\C/C=C\C/C=C\C/C=C\CCCCCCCCCCCCCCCC(=O)OCC(COC(=O)CCCCCCCCCCCC)OC(=O)CCCCCCCCCCCCCCCCCCCC. The van der Waals surface area contributed by atoms with Crippen LogP contribution in [0.15, 0.2) is 85.1 Å². The number of ether oxygens (including phenoxy) is 3. The summed E-state index contributed by atoms with van der Waals surface area (Å²) < 4.78 is 16.9. The Balaban J connectivity index is 4.11. The van der Waals surface area contributed by atoms with Gasteiger partial charge in [-0.15, -0.1) is 0 Å². The molecule has 0 aliphatic rings. The van der Waals surface area contributed by atoms with Crippen LogP contribution in [0.25, 0.3) is 0 Å². The molecule has 81 heavy (non-hydrogen) atoms. The van der Waals surface area contributed by atoms with Crippen molar-refractivity contribution in [1.82, 2.24) is 0 Å². The van der Waals surface area contributed by atoms with Crippen LogP contribution >= 0.6 is 0 Å². The van der Waals surface area contributed by atoms with E-state index in [0.717, 1.165) is 103 Å². The van der Waals surface area contributed by atoms with E-state index in [0.29, 0.717) is 19.3 Å². The van der Waals surface area contributed by atoms with Crippen molar-refractivity contribution < 1.29 is 28.6 Å². The summed E-state index contributed by atoms with van der Waals surface area (Å²) in [7, 11) is 0. The first-order valence-corrected chi connectivity index (χ1v) is 35.1. The molecule has 0 aliphatic carbocycles. The molecule has 1 unspecified atom stereocenters. The van der Waals surface area contributed by atoms with Crippen molar-refractivity contribution in [3.63, 3.8) is 0 Å². The number of hydrogen-bond donors (Lipinski definition) is 0. The van der Waals surface area contributed by atoms with Crippen molar-refractivity contribution >= 4 is 17.9 Å². The Morgan fingerprint density at radius 2 is 0.481 bits per heavy atom. The van der Waals surface area contributed by atoms with Gasteiger partial charge in [-0.25, -0.2) is 0 Å². The number of esters is 3. The zero-order chi connectivity index (χ0) is 58.5. The molecule has 0 aromatic heterocycles. The number of carbonyl (C=O) groups excluding carboxylic acids is 3. The molecular weight excluding hydrogens is 997 g/mol. The monoisotopic (exact) mass is 1130 g/mol. The van der Waals surface area contributed by atoms with Gasteiger partial charge < -0.3 is 14.2 Å². The quantitative estimate of drug-likeness (QED) is 0.0261. The van der Waals surface area contributed by atoms with Crippen molar-refractivity contribution in [2.24, 2.45) is 0 Å². The van der Waals surface area contributed by atoms with Crippen molar-refractivity contribution in [3.05, 3.63) is 85.1 Å². The Hall–Kier alpha value is -3.41. The van der Waals surface area contributed by atoms with E-state index in [1.165, 1.54) is 212 Å². The molecule has 0 rings (SSSR count). The van der Waals surface area contributed by atoms with E-state index < -0.39 is 6.10 Å². The topological polar surface area (TPSA) is 78.9 Å². The van der Waals surface area contributed by atoms with Crippen LogP contribution in [0.3, 0.4) is 0 Å². The summed E-state index contributed by atoms with van der Waals surface area (Å²) >= 11 is 0. The zero-order valence-corrected chi connectivity index (χ0v) is 53.8. The summed E-state index contributed by atoms with van der Waals surface area (Å²) in [6, 6.07) is 0. The summed E-state index contributed by atoms with van der Waals surface area (Å²) in [5, 5.41) is 0. The second-order valence-corrected chi connectivity index (χ2v) is 23.4. The minimum Gasteiger partial charge on any atom is -0.462 e. The van der Waals surface area contributed by atoms with Crippen molar-refractivity contribution in [2.75, 3.05) is 13.2 Å². The highest BCUT2D eigenvalue weighted by molar-refractivity contribution is 5.71. The van der Waals surface area contributed by atoms with Gasteiger partial charge in [-0.2, -0.15) is 0 Å². The molecule has 0 amide bonds. The third kappa shape index (κ3) is 67.3. The number of hydrogen-bond acceptors (Lipinski definition) is 6. The smallest absolute Gasteiger partial charge is 0.306 e. The molecule has 0 radical (unpaired) electrons. The van der Waals surface area contributed by atoms with Crippen molar-refractivity contribution in [1.29, 1.82) is 0 Å². The van der Waals surface area contributed by atoms with Crippen LogP contribution in [0.4, 0.5) is 0 Å². The molecule has 0 aromatic rings. The summed E-state index contributed by atoms with van der Waals surface area (Å²) in [6.45, 7) is 6.56. The number of carbonyl (C=O) groups is 3. The number of unbranched alkanes of at least 4 members (excludes halogenated alkanes) is 39. The van der Waals surface area contributed by atoms with E-state index in [1.54, 1.807) is 0 Å². The van der Waals surface area contributed by atoms with E-state index in [9.17, 15) is 14.4 Å². The van der Waals surface area contributed by atoms with E-state index >= 15 is 0 Å². The predicted molar refractivity (Wildman–Crippen MR) is 353 cm³/mol. The second-order valence-electron chi connectivity index (χ2n) is 23.4. The molecule has 0 saturated carbocycles. The molecule has 0 heterocycles. The molecule has 6 nitrogen and oxygen atoms in total. The van der Waals surface area contributed by atoms with Crippen LogP contribution in [-0.4, -0.2) is 37.2 Å². The van der Waals surface area contributed by atoms with Gasteiger partial charge in [0.25, 0.3) is 0 Å². The molecule has 1 atom stereocenters. The molecule has 0 aromatic carbocycles. The fraction of sp³-hybridized carbons (Fsp3) is 0.773. The summed E-state index contributed by atoms with van der Waals surface area (Å²) in [4.78, 5) is 38.3. The number of allylic oxidation sites excluding steroid dienone is 14. The van der Waals surface area contributed by atoms with Gasteiger partial charge in [0.2, 0.25) is 0 Å². The second kappa shape index (κ2) is 69.1. The third-order valence-corrected chi connectivity index (χ3v) is 15.4. The average molecular weight is 1130 g/mol. The van der Waals surface area contributed by atoms with E-state index in [4.69, 9.17) is 14.2 Å². The standard InChI is InChI=1S/C75H132O6/c1-4-7-10-13-16-19-22-24-26-28-30-31-32-33-34-35-36-37-38-39-40-41-42-43-44-45-46-48-49-51-53-56-59-62-65-68-74(77)80-71-72(70-79-73(76)67-64-61-58-55-21-18-15-12-9-6-3)81-75(78)69-66-63-60-57-54-52-50-47-29-27-25-23-20-17-14-11-8-5-2/h7,10,16,19,24,26,30-31,33-34,36-37,39-40,72H,4-6,8-9,11-15,17-18,20-23,25,27-29,32,35,38,41-71H2,1-3H3/b10-7-,19-16-,26-24-,31-30-,34-33-,37-36-,40-39-. The fourth-order valence-electron chi connectivity index (χ4n) is 10.2. The van der Waals surface area contributed by atoms with E-state index in [1.807, 2.05) is 0 Å². The van der Waals surface area contributed by atoms with Gasteiger partial charge in [0, 0.05) is 19.3 Å². The average Bonchev–Trinajstić information content (AvgIpc) is 3.47. The molecule has 6 heteroatoms. The van der Waals surface area contributed by atoms with Crippen molar-refractivity contribution in [2.45, 2.75) is 361 Å². The molecular formula is C75H132O6. The molecule has 0 bridgehead atoms. The lowest BCUT2D eigenvalue weighted by atomic mass is 10.0. The van der Waals surface area contributed by atoms with Gasteiger partial charge >= 0.3 is 17.9 Å². The Kier molecular flexibility index (Phi) is 66.2. The van der Waals surface area contributed by atoms with Gasteiger partial charge in [0.05, 0.1) is 0 Å². The Labute approximate surface area is 503 Å². The summed E-state index contributed by atoms with van der Waals surface area (Å²) in [5.74, 6) is -0.852.